The number of hydrogen-bond donors (Lipinski definition) is 2. The normalized spacial score (nSPS) is 19.9. The molecule has 0 radical (unpaired) electrons. The third-order valence-corrected chi connectivity index (χ3v) is 5.13. The summed E-state index contributed by atoms with van der Waals surface area (Å²) in [5.41, 5.74) is 2.62. The topological polar surface area (TPSA) is 44.4 Å². The fourth-order valence-electron chi connectivity index (χ4n) is 3.64. The van der Waals surface area contributed by atoms with Crippen LogP contribution in [0.15, 0.2) is 24.3 Å². The molecule has 2 saturated heterocycles. The number of hydrogen-bond acceptors (Lipinski definition) is 3. The van der Waals surface area contributed by atoms with E-state index in [1.165, 1.54) is 43.5 Å². The first-order chi connectivity index (χ1) is 11.3. The van der Waals surface area contributed by atoms with Gasteiger partial charge >= 0.3 is 0 Å². The summed E-state index contributed by atoms with van der Waals surface area (Å²) < 4.78 is 0. The van der Waals surface area contributed by atoms with E-state index < -0.39 is 0 Å². The molecule has 2 aliphatic heterocycles. The van der Waals surface area contributed by atoms with Crippen molar-refractivity contribution in [1.82, 2.24) is 15.5 Å². The summed E-state index contributed by atoms with van der Waals surface area (Å²) in [6.45, 7) is 6.26. The molecule has 6 heteroatoms. The number of amides is 1. The minimum absolute atomic E-state index is 0. The lowest BCUT2D eigenvalue weighted by Crippen LogP contribution is -2.25. The fraction of sp³-hybridized carbons (Fsp3) is 0.632. The van der Waals surface area contributed by atoms with Gasteiger partial charge in [0.1, 0.15) is 0 Å². The zero-order valence-corrected chi connectivity index (χ0v) is 16.5. The van der Waals surface area contributed by atoms with Crippen LogP contribution in [0.1, 0.15) is 43.2 Å². The summed E-state index contributed by atoms with van der Waals surface area (Å²) in [6, 6.07) is 8.51. The van der Waals surface area contributed by atoms with Gasteiger partial charge in [0.15, 0.2) is 0 Å². The summed E-state index contributed by atoms with van der Waals surface area (Å²) >= 11 is 0. The second kappa shape index (κ2) is 11.7. The van der Waals surface area contributed by atoms with E-state index in [-0.39, 0.29) is 30.7 Å². The quantitative estimate of drug-likeness (QED) is 0.755. The van der Waals surface area contributed by atoms with Crippen LogP contribution in [0, 0.1) is 5.92 Å². The van der Waals surface area contributed by atoms with Crippen molar-refractivity contribution in [2.24, 2.45) is 5.92 Å². The van der Waals surface area contributed by atoms with Crippen LogP contribution >= 0.6 is 24.8 Å². The monoisotopic (exact) mass is 387 g/mol. The van der Waals surface area contributed by atoms with E-state index in [2.05, 4.69) is 39.8 Å². The Hall–Kier alpha value is -0.810. The minimum atomic E-state index is 0. The Bertz CT molecular complexity index is 515. The molecule has 142 valence electrons. The Morgan fingerprint density at radius 3 is 2.56 bits per heavy atom. The molecular formula is C19H31Cl2N3O. The summed E-state index contributed by atoms with van der Waals surface area (Å²) in [7, 11) is 0. The number of rotatable bonds is 7. The second-order valence-electron chi connectivity index (χ2n) is 6.93. The molecule has 1 aromatic carbocycles. The summed E-state index contributed by atoms with van der Waals surface area (Å²) in [4.78, 5) is 14.6. The Labute approximate surface area is 163 Å². The highest BCUT2D eigenvalue weighted by molar-refractivity contribution is 5.85. The maximum absolute atomic E-state index is 12.1. The van der Waals surface area contributed by atoms with Crippen molar-refractivity contribution in [2.45, 2.75) is 45.2 Å². The molecule has 0 aliphatic carbocycles. The number of carbonyl (C=O) groups excluding carboxylic acids is 1. The predicted molar refractivity (Wildman–Crippen MR) is 108 cm³/mol. The lowest BCUT2D eigenvalue weighted by molar-refractivity contribution is -0.121. The molecule has 2 fully saturated rings. The molecule has 0 saturated carbocycles. The second-order valence-corrected chi connectivity index (χ2v) is 6.93. The predicted octanol–water partition coefficient (Wildman–Crippen LogP) is 3.13. The minimum Gasteiger partial charge on any atom is -0.352 e. The molecule has 1 atom stereocenters. The van der Waals surface area contributed by atoms with Gasteiger partial charge in [-0.15, -0.1) is 24.8 Å². The van der Waals surface area contributed by atoms with Gasteiger partial charge in [0, 0.05) is 19.5 Å². The van der Waals surface area contributed by atoms with Crippen LogP contribution < -0.4 is 10.6 Å². The maximum Gasteiger partial charge on any atom is 0.220 e. The Morgan fingerprint density at radius 1 is 1.16 bits per heavy atom. The molecule has 1 amide bonds. The Kier molecular flexibility index (Phi) is 10.4. The molecule has 2 aliphatic rings. The van der Waals surface area contributed by atoms with E-state index >= 15 is 0 Å². The van der Waals surface area contributed by atoms with Gasteiger partial charge < -0.3 is 10.6 Å². The van der Waals surface area contributed by atoms with Gasteiger partial charge in [-0.05, 0) is 68.9 Å². The van der Waals surface area contributed by atoms with E-state index in [9.17, 15) is 4.79 Å². The van der Waals surface area contributed by atoms with Gasteiger partial charge in [-0.2, -0.15) is 0 Å². The smallest absolute Gasteiger partial charge is 0.220 e. The molecule has 1 unspecified atom stereocenters. The largest absolute Gasteiger partial charge is 0.352 e. The number of halogens is 2. The number of benzene rings is 1. The third kappa shape index (κ3) is 7.14. The average molecular weight is 388 g/mol. The highest BCUT2D eigenvalue weighted by atomic mass is 35.5. The molecule has 3 rings (SSSR count). The van der Waals surface area contributed by atoms with Crippen LogP contribution in [0.2, 0.25) is 0 Å². The highest BCUT2D eigenvalue weighted by Crippen LogP contribution is 2.17. The van der Waals surface area contributed by atoms with E-state index in [0.717, 1.165) is 26.1 Å². The average Bonchev–Trinajstić information content (AvgIpc) is 3.25. The molecule has 2 heterocycles. The Morgan fingerprint density at radius 2 is 1.88 bits per heavy atom. The van der Waals surface area contributed by atoms with Crippen LogP contribution in [-0.4, -0.2) is 37.0 Å². The molecule has 4 nitrogen and oxygen atoms in total. The van der Waals surface area contributed by atoms with Crippen molar-refractivity contribution >= 4 is 30.7 Å². The van der Waals surface area contributed by atoms with Crippen molar-refractivity contribution in [1.29, 1.82) is 0 Å². The van der Waals surface area contributed by atoms with E-state index in [1.54, 1.807) is 0 Å². The van der Waals surface area contributed by atoms with Crippen molar-refractivity contribution in [2.75, 3.05) is 26.2 Å². The van der Waals surface area contributed by atoms with Crippen LogP contribution in [0.3, 0.4) is 0 Å². The lowest BCUT2D eigenvalue weighted by atomic mass is 10.0. The Balaban J connectivity index is 0.00000156. The molecule has 25 heavy (non-hydrogen) atoms. The lowest BCUT2D eigenvalue weighted by Gasteiger charge is -2.18. The first-order valence-corrected chi connectivity index (χ1v) is 9.08. The zero-order valence-electron chi connectivity index (χ0n) is 14.8. The zero-order chi connectivity index (χ0) is 15.9. The van der Waals surface area contributed by atoms with Gasteiger partial charge in [0.05, 0.1) is 0 Å². The number of nitrogens with one attached hydrogen (secondary N) is 2. The van der Waals surface area contributed by atoms with Gasteiger partial charge in [-0.1, -0.05) is 24.3 Å². The first-order valence-electron chi connectivity index (χ1n) is 9.08. The van der Waals surface area contributed by atoms with Crippen molar-refractivity contribution < 1.29 is 4.79 Å². The number of likely N-dealkylation sites (tertiary alicyclic amines) is 1. The van der Waals surface area contributed by atoms with E-state index in [1.807, 2.05) is 0 Å². The van der Waals surface area contributed by atoms with Crippen molar-refractivity contribution in [3.63, 3.8) is 0 Å². The van der Waals surface area contributed by atoms with Crippen LogP contribution in [0.4, 0.5) is 0 Å². The first kappa shape index (κ1) is 22.2. The van der Waals surface area contributed by atoms with Gasteiger partial charge in [0.2, 0.25) is 5.91 Å². The van der Waals surface area contributed by atoms with E-state index in [4.69, 9.17) is 0 Å². The van der Waals surface area contributed by atoms with Crippen molar-refractivity contribution in [3.05, 3.63) is 35.4 Å². The fourth-order valence-corrected chi connectivity index (χ4v) is 3.64. The van der Waals surface area contributed by atoms with Crippen LogP contribution in [-0.2, 0) is 17.9 Å². The van der Waals surface area contributed by atoms with Crippen LogP contribution in [0.25, 0.3) is 0 Å². The summed E-state index contributed by atoms with van der Waals surface area (Å²) in [5.74, 6) is 0.871. The molecule has 0 spiro atoms. The number of carbonyl (C=O) groups is 1. The summed E-state index contributed by atoms with van der Waals surface area (Å²) in [5, 5.41) is 6.47. The summed E-state index contributed by atoms with van der Waals surface area (Å²) in [6.07, 6.45) is 5.50. The SMILES string of the molecule is Cl.Cl.O=C(CCC1CCNC1)NCc1ccccc1CN1CCCC1. The molecule has 1 aromatic rings. The molecule has 0 bridgehead atoms. The van der Waals surface area contributed by atoms with Crippen LogP contribution in [0.5, 0.6) is 0 Å². The van der Waals surface area contributed by atoms with E-state index in [0.29, 0.717) is 18.9 Å². The van der Waals surface area contributed by atoms with Crippen molar-refractivity contribution in [3.8, 4) is 0 Å². The van der Waals surface area contributed by atoms with Gasteiger partial charge in [0.25, 0.3) is 0 Å². The standard InChI is InChI=1S/C19H29N3O.2ClH/c23-19(8-7-16-9-10-20-13-16)21-14-17-5-1-2-6-18(17)15-22-11-3-4-12-22;;/h1-2,5-6,16,20H,3-4,7-15H2,(H,21,23);2*1H. The highest BCUT2D eigenvalue weighted by Gasteiger charge is 2.16. The molecule has 2 N–H and O–H groups in total. The molecule has 0 aromatic heterocycles. The van der Waals surface area contributed by atoms with Gasteiger partial charge in [-0.25, -0.2) is 0 Å². The third-order valence-electron chi connectivity index (χ3n) is 5.13. The number of nitrogens with zero attached hydrogens (tertiary/aromatic N) is 1. The molecular weight excluding hydrogens is 357 g/mol. The maximum atomic E-state index is 12.1. The van der Waals surface area contributed by atoms with Gasteiger partial charge in [-0.3, -0.25) is 9.69 Å².